The van der Waals surface area contributed by atoms with Gasteiger partial charge in [-0.05, 0) is 61.6 Å². The van der Waals surface area contributed by atoms with Crippen LogP contribution < -0.4 is 0 Å². The SMILES string of the molecule is CCN(CC)Cc1ccc2c(c1)C(=O)c1ccc(CN(CC)CC)cc1C2=O. The largest absolute Gasteiger partial charge is 0.300 e. The highest BCUT2D eigenvalue weighted by Crippen LogP contribution is 2.29. The van der Waals surface area contributed by atoms with Gasteiger partial charge in [0.2, 0.25) is 0 Å². The van der Waals surface area contributed by atoms with Crippen LogP contribution in [0.15, 0.2) is 36.4 Å². The Morgan fingerprint density at radius 1 is 0.571 bits per heavy atom. The van der Waals surface area contributed by atoms with Crippen LogP contribution >= 0.6 is 0 Å². The fraction of sp³-hybridized carbons (Fsp3) is 0.417. The summed E-state index contributed by atoms with van der Waals surface area (Å²) in [5.41, 5.74) is 4.29. The van der Waals surface area contributed by atoms with Crippen LogP contribution in [0.1, 0.15) is 70.7 Å². The number of nitrogens with zero attached hydrogens (tertiary/aromatic N) is 2. The van der Waals surface area contributed by atoms with Crippen molar-refractivity contribution in [2.75, 3.05) is 26.2 Å². The average Bonchev–Trinajstić information content (AvgIpc) is 2.73. The van der Waals surface area contributed by atoms with Crippen molar-refractivity contribution in [2.45, 2.75) is 40.8 Å². The van der Waals surface area contributed by atoms with Crippen LogP contribution in [0, 0.1) is 0 Å². The maximum absolute atomic E-state index is 13.1. The van der Waals surface area contributed by atoms with E-state index in [1.165, 1.54) is 0 Å². The molecule has 0 aromatic heterocycles. The number of carbonyl (C=O) groups excluding carboxylic acids is 2. The quantitative estimate of drug-likeness (QED) is 0.591. The molecule has 0 spiro atoms. The monoisotopic (exact) mass is 378 g/mol. The fourth-order valence-corrected chi connectivity index (χ4v) is 3.85. The lowest BCUT2D eigenvalue weighted by Crippen LogP contribution is -2.25. The molecule has 1 aliphatic rings. The van der Waals surface area contributed by atoms with E-state index in [4.69, 9.17) is 0 Å². The summed E-state index contributed by atoms with van der Waals surface area (Å²) in [7, 11) is 0. The first-order chi connectivity index (χ1) is 13.5. The number of carbonyl (C=O) groups is 2. The second-order valence-corrected chi connectivity index (χ2v) is 7.34. The van der Waals surface area contributed by atoms with Gasteiger partial charge in [0.15, 0.2) is 11.6 Å². The van der Waals surface area contributed by atoms with Gasteiger partial charge in [-0.15, -0.1) is 0 Å². The molecule has 0 bridgehead atoms. The zero-order chi connectivity index (χ0) is 20.3. The van der Waals surface area contributed by atoms with Crippen LogP contribution in [0.2, 0.25) is 0 Å². The third kappa shape index (κ3) is 3.94. The topological polar surface area (TPSA) is 40.6 Å². The minimum atomic E-state index is -0.0413. The van der Waals surface area contributed by atoms with Gasteiger partial charge >= 0.3 is 0 Å². The maximum Gasteiger partial charge on any atom is 0.194 e. The molecule has 0 heterocycles. The predicted octanol–water partition coefficient (Wildman–Crippen LogP) is 4.15. The first kappa shape index (κ1) is 20.4. The second kappa shape index (κ2) is 8.80. The molecule has 2 aromatic rings. The van der Waals surface area contributed by atoms with E-state index in [-0.39, 0.29) is 11.6 Å². The smallest absolute Gasteiger partial charge is 0.194 e. The van der Waals surface area contributed by atoms with Crippen molar-refractivity contribution in [1.82, 2.24) is 9.80 Å². The Kier molecular flexibility index (Phi) is 6.42. The second-order valence-electron chi connectivity index (χ2n) is 7.34. The molecule has 2 aromatic carbocycles. The Morgan fingerprint density at radius 2 is 0.929 bits per heavy atom. The third-order valence-electron chi connectivity index (χ3n) is 5.75. The van der Waals surface area contributed by atoms with E-state index in [0.717, 1.165) is 50.4 Å². The Balaban J connectivity index is 1.93. The summed E-state index contributed by atoms with van der Waals surface area (Å²) in [6, 6.07) is 11.4. The summed E-state index contributed by atoms with van der Waals surface area (Å²) in [6.45, 7) is 13.9. The Labute approximate surface area is 168 Å². The molecular formula is C24H30N2O2. The fourth-order valence-electron chi connectivity index (χ4n) is 3.85. The van der Waals surface area contributed by atoms with Crippen LogP contribution in [-0.2, 0) is 13.1 Å². The van der Waals surface area contributed by atoms with Crippen molar-refractivity contribution < 1.29 is 9.59 Å². The third-order valence-corrected chi connectivity index (χ3v) is 5.75. The van der Waals surface area contributed by atoms with Crippen molar-refractivity contribution >= 4 is 11.6 Å². The lowest BCUT2D eigenvalue weighted by atomic mass is 9.82. The molecule has 0 amide bonds. The molecular weight excluding hydrogens is 348 g/mol. The minimum Gasteiger partial charge on any atom is -0.300 e. The Morgan fingerprint density at radius 3 is 1.25 bits per heavy atom. The molecule has 4 heteroatoms. The molecule has 0 saturated heterocycles. The van der Waals surface area contributed by atoms with Crippen molar-refractivity contribution in [1.29, 1.82) is 0 Å². The zero-order valence-corrected chi connectivity index (χ0v) is 17.4. The normalized spacial score (nSPS) is 13.2. The van der Waals surface area contributed by atoms with Crippen molar-refractivity contribution in [3.63, 3.8) is 0 Å². The van der Waals surface area contributed by atoms with Gasteiger partial charge in [-0.2, -0.15) is 0 Å². The number of hydrogen-bond acceptors (Lipinski definition) is 4. The molecule has 0 N–H and O–H groups in total. The number of ketones is 2. The summed E-state index contributed by atoms with van der Waals surface area (Å²) in [5, 5.41) is 0. The summed E-state index contributed by atoms with van der Waals surface area (Å²) in [4.78, 5) is 30.8. The van der Waals surface area contributed by atoms with Gasteiger partial charge in [-0.1, -0.05) is 39.8 Å². The van der Waals surface area contributed by atoms with E-state index in [9.17, 15) is 9.59 Å². The number of benzene rings is 2. The molecule has 3 rings (SSSR count). The summed E-state index contributed by atoms with van der Waals surface area (Å²) in [5.74, 6) is -0.0826. The van der Waals surface area contributed by atoms with E-state index in [2.05, 4.69) is 37.5 Å². The number of fused-ring (bicyclic) bond motifs is 2. The van der Waals surface area contributed by atoms with Crippen LogP contribution in [0.4, 0.5) is 0 Å². The first-order valence-corrected chi connectivity index (χ1v) is 10.3. The highest BCUT2D eigenvalue weighted by molar-refractivity contribution is 6.28. The van der Waals surface area contributed by atoms with Gasteiger partial charge in [0.05, 0.1) is 0 Å². The van der Waals surface area contributed by atoms with Crippen molar-refractivity contribution in [3.8, 4) is 0 Å². The molecule has 1 aliphatic carbocycles. The van der Waals surface area contributed by atoms with Gasteiger partial charge in [-0.25, -0.2) is 0 Å². The standard InChI is InChI=1S/C24H30N2O2/c1-5-25(6-2)15-17-9-11-19-21(13-17)23(27)20-12-10-18(14-22(20)24(19)28)16-26(7-3)8-4/h9-14H,5-8,15-16H2,1-4H3. The number of rotatable bonds is 8. The molecule has 28 heavy (non-hydrogen) atoms. The molecule has 0 radical (unpaired) electrons. The average molecular weight is 379 g/mol. The van der Waals surface area contributed by atoms with Gasteiger partial charge < -0.3 is 0 Å². The van der Waals surface area contributed by atoms with E-state index in [1.807, 2.05) is 36.4 Å². The molecule has 0 fully saturated rings. The number of hydrogen-bond donors (Lipinski definition) is 0. The summed E-state index contributed by atoms with van der Waals surface area (Å²) < 4.78 is 0. The Bertz CT molecular complexity index is 807. The summed E-state index contributed by atoms with van der Waals surface area (Å²) in [6.07, 6.45) is 0. The van der Waals surface area contributed by atoms with Crippen LogP contribution in [-0.4, -0.2) is 47.5 Å². The Hall–Kier alpha value is -2.30. The minimum absolute atomic E-state index is 0.0413. The molecule has 148 valence electrons. The van der Waals surface area contributed by atoms with Gasteiger partial charge in [-0.3, -0.25) is 19.4 Å². The van der Waals surface area contributed by atoms with Crippen LogP contribution in [0.5, 0.6) is 0 Å². The van der Waals surface area contributed by atoms with Crippen LogP contribution in [0.3, 0.4) is 0 Å². The molecule has 4 nitrogen and oxygen atoms in total. The van der Waals surface area contributed by atoms with Crippen molar-refractivity contribution in [2.24, 2.45) is 0 Å². The zero-order valence-electron chi connectivity index (χ0n) is 17.4. The molecule has 0 unspecified atom stereocenters. The molecule has 0 aliphatic heterocycles. The summed E-state index contributed by atoms with van der Waals surface area (Å²) >= 11 is 0. The van der Waals surface area contributed by atoms with Gasteiger partial charge in [0.25, 0.3) is 0 Å². The van der Waals surface area contributed by atoms with Gasteiger partial charge in [0.1, 0.15) is 0 Å². The van der Waals surface area contributed by atoms with E-state index < -0.39 is 0 Å². The lowest BCUT2D eigenvalue weighted by Gasteiger charge is -2.23. The maximum atomic E-state index is 13.1. The highest BCUT2D eigenvalue weighted by atomic mass is 16.1. The van der Waals surface area contributed by atoms with Gasteiger partial charge in [0, 0.05) is 35.3 Å². The van der Waals surface area contributed by atoms with E-state index in [1.54, 1.807) is 0 Å². The van der Waals surface area contributed by atoms with E-state index >= 15 is 0 Å². The molecule has 0 atom stereocenters. The lowest BCUT2D eigenvalue weighted by molar-refractivity contribution is 0.0979. The molecule has 0 saturated carbocycles. The highest BCUT2D eigenvalue weighted by Gasteiger charge is 2.30. The first-order valence-electron chi connectivity index (χ1n) is 10.3. The predicted molar refractivity (Wildman–Crippen MR) is 113 cm³/mol. The van der Waals surface area contributed by atoms with E-state index in [0.29, 0.717) is 22.3 Å². The van der Waals surface area contributed by atoms with Crippen molar-refractivity contribution in [3.05, 3.63) is 69.8 Å². The van der Waals surface area contributed by atoms with Crippen LogP contribution in [0.25, 0.3) is 0 Å².